The van der Waals surface area contributed by atoms with Gasteiger partial charge in [0.15, 0.2) is 5.82 Å². The highest BCUT2D eigenvalue weighted by Gasteiger charge is 2.13. The van der Waals surface area contributed by atoms with Gasteiger partial charge in [-0.05, 0) is 29.8 Å². The summed E-state index contributed by atoms with van der Waals surface area (Å²) in [5.41, 5.74) is 6.86. The molecule has 10 nitrogen and oxygen atoms in total. The van der Waals surface area contributed by atoms with Crippen molar-refractivity contribution in [3.8, 4) is 5.75 Å². The molecule has 178 valence electrons. The normalized spacial score (nSPS) is 13.4. The van der Waals surface area contributed by atoms with Crippen molar-refractivity contribution in [3.63, 3.8) is 0 Å². The molecule has 0 atom stereocenters. The third-order valence-electron chi connectivity index (χ3n) is 5.57. The van der Waals surface area contributed by atoms with Gasteiger partial charge < -0.3 is 30.7 Å². The number of urea groups is 1. The predicted molar refractivity (Wildman–Crippen MR) is 134 cm³/mol. The molecule has 10 heteroatoms. The lowest BCUT2D eigenvalue weighted by molar-refractivity contribution is 0.122. The van der Waals surface area contributed by atoms with Crippen molar-refractivity contribution in [1.29, 1.82) is 0 Å². The largest absolute Gasteiger partial charge is 0.488 e. The number of hydrogen-bond acceptors (Lipinski definition) is 8. The number of primary amides is 1. The minimum absolute atomic E-state index is 0.337. The van der Waals surface area contributed by atoms with Crippen molar-refractivity contribution >= 4 is 39.9 Å². The molecular weight excluding hydrogens is 446 g/mol. The van der Waals surface area contributed by atoms with Crippen molar-refractivity contribution in [3.05, 3.63) is 72.7 Å². The van der Waals surface area contributed by atoms with E-state index in [9.17, 15) is 4.79 Å². The van der Waals surface area contributed by atoms with Crippen LogP contribution >= 0.6 is 0 Å². The number of amides is 2. The maximum atomic E-state index is 11.3. The molecule has 1 saturated heterocycles. The number of aromatic nitrogens is 3. The third-order valence-corrected chi connectivity index (χ3v) is 5.57. The van der Waals surface area contributed by atoms with Crippen LogP contribution in [0.25, 0.3) is 10.8 Å². The molecule has 0 radical (unpaired) electrons. The lowest BCUT2D eigenvalue weighted by Crippen LogP contribution is -2.36. The number of benzene rings is 2. The Morgan fingerprint density at radius 1 is 1.06 bits per heavy atom. The summed E-state index contributed by atoms with van der Waals surface area (Å²) < 4.78 is 11.5. The molecule has 3 heterocycles. The van der Waals surface area contributed by atoms with Gasteiger partial charge in [0.05, 0.1) is 31.3 Å². The predicted octanol–water partition coefficient (Wildman–Crippen LogP) is 3.67. The van der Waals surface area contributed by atoms with Crippen molar-refractivity contribution in [2.45, 2.75) is 6.61 Å². The Morgan fingerprint density at radius 3 is 2.71 bits per heavy atom. The highest BCUT2D eigenvalue weighted by molar-refractivity contribution is 6.03. The van der Waals surface area contributed by atoms with E-state index >= 15 is 0 Å². The summed E-state index contributed by atoms with van der Waals surface area (Å²) in [5, 5.41) is 7.60. The lowest BCUT2D eigenvalue weighted by Gasteiger charge is -2.27. The number of carbonyl (C=O) groups is 1. The number of nitrogens with one attached hydrogen (secondary N) is 2. The van der Waals surface area contributed by atoms with Gasteiger partial charge in [-0.25, -0.2) is 14.8 Å². The second kappa shape index (κ2) is 10.2. The van der Waals surface area contributed by atoms with Crippen molar-refractivity contribution in [2.75, 3.05) is 41.8 Å². The molecule has 4 aromatic rings. The van der Waals surface area contributed by atoms with Gasteiger partial charge in [-0.15, -0.1) is 0 Å². The van der Waals surface area contributed by atoms with Crippen LogP contribution < -0.4 is 26.0 Å². The zero-order valence-electron chi connectivity index (χ0n) is 19.0. The summed E-state index contributed by atoms with van der Waals surface area (Å²) in [6, 6.07) is 14.5. The van der Waals surface area contributed by atoms with Crippen LogP contribution in [-0.4, -0.2) is 47.3 Å². The topological polar surface area (TPSA) is 128 Å². The van der Waals surface area contributed by atoms with Crippen molar-refractivity contribution in [1.82, 2.24) is 15.0 Å². The molecule has 2 aromatic carbocycles. The average molecular weight is 472 g/mol. The van der Waals surface area contributed by atoms with Crippen LogP contribution in [0.4, 0.5) is 27.9 Å². The molecule has 1 aliphatic rings. The fraction of sp³-hybridized carbons (Fsp3) is 0.200. The number of rotatable bonds is 7. The van der Waals surface area contributed by atoms with Gasteiger partial charge in [0, 0.05) is 30.1 Å². The molecule has 4 N–H and O–H groups in total. The van der Waals surface area contributed by atoms with Crippen LogP contribution in [0.1, 0.15) is 5.56 Å². The Bertz CT molecular complexity index is 1340. The fourth-order valence-corrected chi connectivity index (χ4v) is 3.92. The Hall–Kier alpha value is -4.44. The standard InChI is InChI=1S/C25H25N7O3/c26-25(33)29-20-5-6-21(19-4-2-1-3-18(19)20)35-16-17-7-8-28-22(13-17)30-23-14-27-15-24(31-23)32-9-11-34-12-10-32/h1-8,13-15H,9-12,16H2,(H3,26,29,33)(H,28,30,31). The minimum atomic E-state index is -0.610. The molecule has 0 unspecified atom stereocenters. The van der Waals surface area contributed by atoms with E-state index in [1.807, 2.05) is 42.5 Å². The highest BCUT2D eigenvalue weighted by Crippen LogP contribution is 2.32. The first-order valence-corrected chi connectivity index (χ1v) is 11.2. The molecule has 1 aliphatic heterocycles. The monoisotopic (exact) mass is 471 g/mol. The maximum Gasteiger partial charge on any atom is 0.316 e. The minimum Gasteiger partial charge on any atom is -0.488 e. The van der Waals surface area contributed by atoms with Crippen LogP contribution in [0.5, 0.6) is 5.75 Å². The van der Waals surface area contributed by atoms with Crippen molar-refractivity contribution < 1.29 is 14.3 Å². The van der Waals surface area contributed by atoms with E-state index in [1.54, 1.807) is 24.7 Å². The van der Waals surface area contributed by atoms with Crippen LogP contribution in [0.15, 0.2) is 67.1 Å². The molecular formula is C25H25N7O3. The Kier molecular flexibility index (Phi) is 6.53. The second-order valence-corrected chi connectivity index (χ2v) is 7.97. The number of nitrogens with two attached hydrogens (primary N) is 1. The number of morpholine rings is 1. The first kappa shape index (κ1) is 22.4. The summed E-state index contributed by atoms with van der Waals surface area (Å²) in [4.78, 5) is 26.8. The van der Waals surface area contributed by atoms with Gasteiger partial charge >= 0.3 is 6.03 Å². The van der Waals surface area contributed by atoms with Gasteiger partial charge in [0.1, 0.15) is 24.0 Å². The summed E-state index contributed by atoms with van der Waals surface area (Å²) in [6.07, 6.45) is 5.14. The van der Waals surface area contributed by atoms with E-state index in [4.69, 9.17) is 15.2 Å². The number of carbonyl (C=O) groups excluding carboxylic acids is 1. The zero-order chi connectivity index (χ0) is 24.0. The van der Waals surface area contributed by atoms with Crippen LogP contribution in [0.3, 0.4) is 0 Å². The first-order chi connectivity index (χ1) is 17.2. The van der Waals surface area contributed by atoms with Crippen LogP contribution in [-0.2, 0) is 11.3 Å². The molecule has 0 spiro atoms. The Balaban J connectivity index is 1.29. The Labute approximate surface area is 202 Å². The summed E-state index contributed by atoms with van der Waals surface area (Å²) in [7, 11) is 0. The van der Waals surface area contributed by atoms with Crippen LogP contribution in [0, 0.1) is 0 Å². The molecule has 35 heavy (non-hydrogen) atoms. The number of pyridine rings is 1. The molecule has 0 bridgehead atoms. The lowest BCUT2D eigenvalue weighted by atomic mass is 10.1. The third kappa shape index (κ3) is 5.39. The Morgan fingerprint density at radius 2 is 1.89 bits per heavy atom. The van der Waals surface area contributed by atoms with Gasteiger partial charge in [-0.2, -0.15) is 0 Å². The number of anilines is 4. The molecule has 5 rings (SSSR count). The molecule has 1 fully saturated rings. The zero-order valence-corrected chi connectivity index (χ0v) is 19.0. The molecule has 0 aliphatic carbocycles. The van der Waals surface area contributed by atoms with E-state index in [0.29, 0.717) is 42.9 Å². The summed E-state index contributed by atoms with van der Waals surface area (Å²) in [6.45, 7) is 3.28. The highest BCUT2D eigenvalue weighted by atomic mass is 16.5. The van der Waals surface area contributed by atoms with E-state index in [1.165, 1.54) is 0 Å². The number of hydrogen-bond donors (Lipinski definition) is 3. The van der Waals surface area contributed by atoms with Gasteiger partial charge in [-0.1, -0.05) is 24.3 Å². The maximum absolute atomic E-state index is 11.3. The van der Waals surface area contributed by atoms with Gasteiger partial charge in [-0.3, -0.25) is 4.98 Å². The average Bonchev–Trinajstić information content (AvgIpc) is 2.89. The smallest absolute Gasteiger partial charge is 0.316 e. The van der Waals surface area contributed by atoms with E-state index in [2.05, 4.69) is 30.5 Å². The molecule has 2 aromatic heterocycles. The second-order valence-electron chi connectivity index (χ2n) is 7.97. The number of ether oxygens (including phenoxy) is 2. The van der Waals surface area contributed by atoms with Gasteiger partial charge in [0.2, 0.25) is 0 Å². The molecule has 2 amide bonds. The summed E-state index contributed by atoms with van der Waals surface area (Å²) >= 11 is 0. The first-order valence-electron chi connectivity index (χ1n) is 11.2. The molecule has 0 saturated carbocycles. The van der Waals surface area contributed by atoms with Crippen molar-refractivity contribution in [2.24, 2.45) is 5.73 Å². The quantitative estimate of drug-likeness (QED) is 0.373. The SMILES string of the molecule is NC(=O)Nc1ccc(OCc2ccnc(Nc3cncc(N4CCOCC4)n3)c2)c2ccccc12. The van der Waals surface area contributed by atoms with E-state index in [0.717, 1.165) is 35.2 Å². The number of nitrogens with zero attached hydrogens (tertiary/aromatic N) is 4. The van der Waals surface area contributed by atoms with E-state index in [-0.39, 0.29) is 0 Å². The fourth-order valence-electron chi connectivity index (χ4n) is 3.92. The van der Waals surface area contributed by atoms with Gasteiger partial charge in [0.25, 0.3) is 0 Å². The number of fused-ring (bicyclic) bond motifs is 1. The van der Waals surface area contributed by atoms with E-state index < -0.39 is 6.03 Å². The summed E-state index contributed by atoms with van der Waals surface area (Å²) in [5.74, 6) is 2.76. The van der Waals surface area contributed by atoms with Crippen LogP contribution in [0.2, 0.25) is 0 Å².